The van der Waals surface area contributed by atoms with Crippen LogP contribution in [0.2, 0.25) is 0 Å². The molecule has 0 bridgehead atoms. The van der Waals surface area contributed by atoms with Crippen molar-refractivity contribution < 1.29 is 4.79 Å². The molecule has 1 aromatic heterocycles. The largest absolute Gasteiger partial charge is 0.305 e. The summed E-state index contributed by atoms with van der Waals surface area (Å²) in [6.07, 6.45) is 3.43. The number of carbonyl (C=O) groups is 1. The van der Waals surface area contributed by atoms with Gasteiger partial charge in [0.15, 0.2) is 16.8 Å². The summed E-state index contributed by atoms with van der Waals surface area (Å²) in [5.74, 6) is 1.27. The zero-order chi connectivity index (χ0) is 18.4. The monoisotopic (exact) mass is 365 g/mol. The Bertz CT molecular complexity index is 857. The van der Waals surface area contributed by atoms with Gasteiger partial charge in [-0.15, -0.1) is 10.2 Å². The Balaban J connectivity index is 1.62. The molecule has 0 amide bonds. The third kappa shape index (κ3) is 4.41. The average molecular weight is 366 g/mol. The normalized spacial score (nSPS) is 10.8. The van der Waals surface area contributed by atoms with Crippen molar-refractivity contribution in [3.8, 4) is 11.4 Å². The maximum atomic E-state index is 12.5. The van der Waals surface area contributed by atoms with Crippen molar-refractivity contribution in [3.05, 3.63) is 65.7 Å². The summed E-state index contributed by atoms with van der Waals surface area (Å²) < 4.78 is 1.93. The van der Waals surface area contributed by atoms with Gasteiger partial charge in [-0.3, -0.25) is 4.79 Å². The molecular formula is C21H23N3OS. The van der Waals surface area contributed by atoms with E-state index in [2.05, 4.69) is 29.3 Å². The molecule has 0 fully saturated rings. The number of carbonyl (C=O) groups excluding carboxylic acids is 1. The Morgan fingerprint density at radius 2 is 1.77 bits per heavy atom. The quantitative estimate of drug-likeness (QED) is 0.425. The smallest absolute Gasteiger partial charge is 0.191 e. The lowest BCUT2D eigenvalue weighted by atomic mass is 10.1. The van der Waals surface area contributed by atoms with E-state index < -0.39 is 0 Å². The molecule has 26 heavy (non-hydrogen) atoms. The van der Waals surface area contributed by atoms with Gasteiger partial charge in [0, 0.05) is 18.2 Å². The number of ketones is 1. The van der Waals surface area contributed by atoms with Gasteiger partial charge in [0.2, 0.25) is 0 Å². The number of Topliss-reactive ketones (excluding diaryl/α,β-unsaturated/α-hetero) is 1. The van der Waals surface area contributed by atoms with Gasteiger partial charge in [0.05, 0.1) is 5.75 Å². The molecule has 134 valence electrons. The molecule has 4 nitrogen and oxygen atoms in total. The van der Waals surface area contributed by atoms with E-state index in [1.54, 1.807) is 0 Å². The van der Waals surface area contributed by atoms with Crippen molar-refractivity contribution in [2.45, 2.75) is 31.3 Å². The van der Waals surface area contributed by atoms with Crippen LogP contribution < -0.4 is 0 Å². The van der Waals surface area contributed by atoms with E-state index in [0.29, 0.717) is 5.75 Å². The van der Waals surface area contributed by atoms with E-state index in [4.69, 9.17) is 0 Å². The minimum atomic E-state index is 0.112. The van der Waals surface area contributed by atoms with E-state index in [1.807, 2.05) is 54.1 Å². The van der Waals surface area contributed by atoms with Crippen LogP contribution in [0.25, 0.3) is 11.4 Å². The van der Waals surface area contributed by atoms with E-state index in [9.17, 15) is 4.79 Å². The predicted octanol–water partition coefficient (Wildman–Crippen LogP) is 4.80. The Kier molecular flexibility index (Phi) is 6.23. The first kappa shape index (κ1) is 18.4. The number of benzene rings is 2. The molecule has 0 N–H and O–H groups in total. The molecule has 0 saturated carbocycles. The van der Waals surface area contributed by atoms with Gasteiger partial charge in [-0.25, -0.2) is 0 Å². The van der Waals surface area contributed by atoms with Crippen LogP contribution in [-0.2, 0) is 13.5 Å². The van der Waals surface area contributed by atoms with Crippen LogP contribution in [0.3, 0.4) is 0 Å². The minimum absolute atomic E-state index is 0.112. The van der Waals surface area contributed by atoms with E-state index >= 15 is 0 Å². The van der Waals surface area contributed by atoms with Gasteiger partial charge in [0.1, 0.15) is 0 Å². The molecule has 1 heterocycles. The highest BCUT2D eigenvalue weighted by molar-refractivity contribution is 7.99. The second-order valence-electron chi connectivity index (χ2n) is 6.24. The van der Waals surface area contributed by atoms with Crippen LogP contribution in [-0.4, -0.2) is 26.3 Å². The number of unbranched alkanes of at least 4 members (excludes halogenated alkanes) is 1. The molecule has 0 aliphatic carbocycles. The SMILES string of the molecule is CCCCc1ccc(C(=O)CSc2nnc(-c3ccccc3)n2C)cc1. The van der Waals surface area contributed by atoms with Crippen molar-refractivity contribution in [1.29, 1.82) is 0 Å². The van der Waals surface area contributed by atoms with Gasteiger partial charge in [-0.1, -0.05) is 79.7 Å². The number of thioether (sulfide) groups is 1. The van der Waals surface area contributed by atoms with Crippen molar-refractivity contribution in [3.63, 3.8) is 0 Å². The Labute approximate surface area is 158 Å². The fourth-order valence-corrected chi connectivity index (χ4v) is 3.54. The lowest BCUT2D eigenvalue weighted by molar-refractivity contribution is 0.102. The van der Waals surface area contributed by atoms with E-state index in [-0.39, 0.29) is 5.78 Å². The van der Waals surface area contributed by atoms with Gasteiger partial charge < -0.3 is 4.57 Å². The summed E-state index contributed by atoms with van der Waals surface area (Å²) in [5.41, 5.74) is 3.06. The number of aryl methyl sites for hydroxylation is 1. The van der Waals surface area contributed by atoms with Crippen molar-refractivity contribution >= 4 is 17.5 Å². The molecule has 0 radical (unpaired) electrons. The van der Waals surface area contributed by atoms with E-state index in [0.717, 1.165) is 28.5 Å². The molecule has 5 heteroatoms. The zero-order valence-electron chi connectivity index (χ0n) is 15.2. The molecule has 0 aliphatic rings. The summed E-state index contributed by atoms with van der Waals surface area (Å²) in [5, 5.41) is 9.23. The van der Waals surface area contributed by atoms with Crippen LogP contribution in [0.1, 0.15) is 35.7 Å². The molecule has 2 aromatic carbocycles. The van der Waals surface area contributed by atoms with Crippen molar-refractivity contribution in [1.82, 2.24) is 14.8 Å². The molecule has 0 spiro atoms. The average Bonchev–Trinajstić information content (AvgIpc) is 3.06. The third-order valence-corrected chi connectivity index (χ3v) is 5.31. The molecule has 0 aliphatic heterocycles. The summed E-state index contributed by atoms with van der Waals surface area (Å²) >= 11 is 1.42. The van der Waals surface area contributed by atoms with Crippen LogP contribution in [0, 0.1) is 0 Å². The topological polar surface area (TPSA) is 47.8 Å². The summed E-state index contributed by atoms with van der Waals surface area (Å²) in [6.45, 7) is 2.19. The first-order valence-corrected chi connectivity index (χ1v) is 9.87. The first-order chi connectivity index (χ1) is 12.7. The van der Waals surface area contributed by atoms with Gasteiger partial charge in [-0.2, -0.15) is 0 Å². The number of aromatic nitrogens is 3. The number of rotatable bonds is 8. The van der Waals surface area contributed by atoms with Crippen LogP contribution in [0.4, 0.5) is 0 Å². The Morgan fingerprint density at radius 1 is 1.04 bits per heavy atom. The van der Waals surface area contributed by atoms with Crippen LogP contribution >= 0.6 is 11.8 Å². The van der Waals surface area contributed by atoms with Gasteiger partial charge >= 0.3 is 0 Å². The molecule has 3 aromatic rings. The van der Waals surface area contributed by atoms with Gasteiger partial charge in [-0.05, 0) is 18.4 Å². The summed E-state index contributed by atoms with van der Waals surface area (Å²) in [7, 11) is 1.93. The van der Waals surface area contributed by atoms with Crippen molar-refractivity contribution in [2.75, 3.05) is 5.75 Å². The minimum Gasteiger partial charge on any atom is -0.305 e. The maximum Gasteiger partial charge on any atom is 0.191 e. The molecule has 0 atom stereocenters. The highest BCUT2D eigenvalue weighted by Crippen LogP contribution is 2.23. The lowest BCUT2D eigenvalue weighted by Gasteiger charge is -2.05. The van der Waals surface area contributed by atoms with E-state index in [1.165, 1.54) is 30.2 Å². The van der Waals surface area contributed by atoms with Gasteiger partial charge in [0.25, 0.3) is 0 Å². The fourth-order valence-electron chi connectivity index (χ4n) is 2.73. The Morgan fingerprint density at radius 3 is 2.46 bits per heavy atom. The lowest BCUT2D eigenvalue weighted by Crippen LogP contribution is -2.04. The first-order valence-electron chi connectivity index (χ1n) is 8.88. The molecular weight excluding hydrogens is 342 g/mol. The van der Waals surface area contributed by atoms with Crippen LogP contribution in [0.15, 0.2) is 59.8 Å². The standard InChI is InChI=1S/C21H23N3OS/c1-3-4-8-16-11-13-17(14-12-16)19(25)15-26-21-23-22-20(24(21)2)18-9-6-5-7-10-18/h5-7,9-14H,3-4,8,15H2,1-2H3. The third-order valence-electron chi connectivity index (χ3n) is 4.29. The van der Waals surface area contributed by atoms with Crippen LogP contribution in [0.5, 0.6) is 0 Å². The zero-order valence-corrected chi connectivity index (χ0v) is 16.0. The second-order valence-corrected chi connectivity index (χ2v) is 7.19. The summed E-state index contributed by atoms with van der Waals surface area (Å²) in [4.78, 5) is 12.5. The number of hydrogen-bond donors (Lipinski definition) is 0. The highest BCUT2D eigenvalue weighted by Gasteiger charge is 2.13. The number of hydrogen-bond acceptors (Lipinski definition) is 4. The maximum absolute atomic E-state index is 12.5. The summed E-state index contributed by atoms with van der Waals surface area (Å²) in [6, 6.07) is 17.9. The molecule has 0 saturated heterocycles. The Hall–Kier alpha value is -2.40. The predicted molar refractivity (Wildman–Crippen MR) is 107 cm³/mol. The highest BCUT2D eigenvalue weighted by atomic mass is 32.2. The molecule has 3 rings (SSSR count). The van der Waals surface area contributed by atoms with Crippen molar-refractivity contribution in [2.24, 2.45) is 7.05 Å². The second kappa shape index (κ2) is 8.81. The fraction of sp³-hybridized carbons (Fsp3) is 0.286. The number of nitrogens with zero attached hydrogens (tertiary/aromatic N) is 3. The molecule has 0 unspecified atom stereocenters.